The van der Waals surface area contributed by atoms with E-state index in [1.807, 2.05) is 11.8 Å². The summed E-state index contributed by atoms with van der Waals surface area (Å²) in [4.78, 5) is 2.44. The van der Waals surface area contributed by atoms with Gasteiger partial charge in [-0.3, -0.25) is 0 Å². The molecule has 2 nitrogen and oxygen atoms in total. The Balaban J connectivity index is 3.60. The average molecular weight is 246 g/mol. The summed E-state index contributed by atoms with van der Waals surface area (Å²) in [5.74, 6) is 2.84. The Kier molecular flexibility index (Phi) is 10.6. The van der Waals surface area contributed by atoms with Crippen molar-refractivity contribution in [3.63, 3.8) is 0 Å². The first-order valence-corrected chi connectivity index (χ1v) is 7.88. The van der Waals surface area contributed by atoms with E-state index in [4.69, 9.17) is 5.73 Å². The number of rotatable bonds is 10. The molecule has 0 aliphatic heterocycles. The Morgan fingerprint density at radius 1 is 1.19 bits per heavy atom. The maximum absolute atomic E-state index is 5.65. The predicted molar refractivity (Wildman–Crippen MR) is 77.1 cm³/mol. The van der Waals surface area contributed by atoms with Crippen LogP contribution in [0.15, 0.2) is 0 Å². The van der Waals surface area contributed by atoms with E-state index in [1.165, 1.54) is 38.1 Å². The number of nitrogens with zero attached hydrogens (tertiary/aromatic N) is 1. The largest absolute Gasteiger partial charge is 0.330 e. The maximum Gasteiger partial charge on any atom is 0.00692 e. The molecule has 0 saturated carbocycles. The Bertz CT molecular complexity index is 151. The molecule has 98 valence electrons. The van der Waals surface area contributed by atoms with Crippen molar-refractivity contribution in [3.8, 4) is 0 Å². The Morgan fingerprint density at radius 2 is 1.88 bits per heavy atom. The summed E-state index contributed by atoms with van der Waals surface area (Å²) in [5, 5.41) is 0. The van der Waals surface area contributed by atoms with Crippen LogP contribution in [0.2, 0.25) is 0 Å². The van der Waals surface area contributed by atoms with Gasteiger partial charge < -0.3 is 10.6 Å². The molecule has 0 fully saturated rings. The van der Waals surface area contributed by atoms with Gasteiger partial charge in [0.1, 0.15) is 0 Å². The minimum Gasteiger partial charge on any atom is -0.330 e. The van der Waals surface area contributed by atoms with Crippen LogP contribution in [-0.2, 0) is 0 Å². The topological polar surface area (TPSA) is 29.3 Å². The predicted octanol–water partition coefficient (Wildman–Crippen LogP) is 2.68. The molecule has 0 aromatic carbocycles. The zero-order valence-electron chi connectivity index (χ0n) is 11.5. The van der Waals surface area contributed by atoms with Gasteiger partial charge in [0.15, 0.2) is 0 Å². The third-order valence-corrected chi connectivity index (χ3v) is 3.86. The third kappa shape index (κ3) is 8.43. The number of hydrogen-bond donors (Lipinski definition) is 1. The van der Waals surface area contributed by atoms with Crippen LogP contribution in [0.1, 0.15) is 33.1 Å². The quantitative estimate of drug-likeness (QED) is 0.642. The monoisotopic (exact) mass is 246 g/mol. The van der Waals surface area contributed by atoms with E-state index in [2.05, 4.69) is 32.1 Å². The molecule has 0 spiro atoms. The number of nitrogens with two attached hydrogens (primary N) is 1. The number of thioether (sulfide) groups is 1. The highest BCUT2D eigenvalue weighted by Crippen LogP contribution is 2.20. The van der Waals surface area contributed by atoms with Crippen molar-refractivity contribution in [3.05, 3.63) is 0 Å². The highest BCUT2D eigenvalue weighted by molar-refractivity contribution is 7.98. The smallest absolute Gasteiger partial charge is 0.00692 e. The second-order valence-electron chi connectivity index (χ2n) is 5.02. The van der Waals surface area contributed by atoms with Crippen LogP contribution in [0.3, 0.4) is 0 Å². The zero-order valence-corrected chi connectivity index (χ0v) is 12.4. The van der Waals surface area contributed by atoms with Crippen molar-refractivity contribution < 1.29 is 0 Å². The van der Waals surface area contributed by atoms with Crippen molar-refractivity contribution >= 4 is 11.8 Å². The molecule has 1 atom stereocenters. The first-order chi connectivity index (χ1) is 7.61. The molecule has 0 aliphatic carbocycles. The summed E-state index contributed by atoms with van der Waals surface area (Å²) in [5.41, 5.74) is 5.65. The van der Waals surface area contributed by atoms with E-state index in [0.717, 1.165) is 18.4 Å². The van der Waals surface area contributed by atoms with Crippen molar-refractivity contribution in [2.75, 3.05) is 38.7 Å². The molecule has 2 N–H and O–H groups in total. The molecule has 0 aromatic heterocycles. The van der Waals surface area contributed by atoms with Gasteiger partial charge in [0.05, 0.1) is 0 Å². The molecule has 0 radical (unpaired) electrons. The molecule has 0 saturated heterocycles. The van der Waals surface area contributed by atoms with Gasteiger partial charge in [-0.2, -0.15) is 11.8 Å². The Hall–Kier alpha value is 0.270. The van der Waals surface area contributed by atoms with E-state index in [1.54, 1.807) is 0 Å². The normalized spacial score (nSPS) is 13.7. The fourth-order valence-electron chi connectivity index (χ4n) is 2.01. The first-order valence-electron chi connectivity index (χ1n) is 6.49. The van der Waals surface area contributed by atoms with Crippen LogP contribution in [0.25, 0.3) is 0 Å². The van der Waals surface area contributed by atoms with E-state index in [-0.39, 0.29) is 0 Å². The Labute approximate surface area is 106 Å². The minimum absolute atomic E-state index is 0.778. The van der Waals surface area contributed by atoms with Gasteiger partial charge in [0.2, 0.25) is 0 Å². The highest BCUT2D eigenvalue weighted by atomic mass is 32.2. The maximum atomic E-state index is 5.65. The van der Waals surface area contributed by atoms with Crippen molar-refractivity contribution in [2.24, 2.45) is 17.6 Å². The summed E-state index contributed by atoms with van der Waals surface area (Å²) in [6.45, 7) is 7.92. The molecule has 0 aliphatic rings. The Morgan fingerprint density at radius 3 is 2.38 bits per heavy atom. The van der Waals surface area contributed by atoms with Crippen LogP contribution >= 0.6 is 11.8 Å². The molecule has 16 heavy (non-hydrogen) atoms. The fourth-order valence-corrected chi connectivity index (χ4v) is 2.50. The van der Waals surface area contributed by atoms with Gasteiger partial charge in [-0.05, 0) is 57.5 Å². The summed E-state index contributed by atoms with van der Waals surface area (Å²) in [7, 11) is 2.23. The van der Waals surface area contributed by atoms with Gasteiger partial charge in [0, 0.05) is 12.3 Å². The second-order valence-corrected chi connectivity index (χ2v) is 6.01. The van der Waals surface area contributed by atoms with E-state index in [9.17, 15) is 0 Å². The van der Waals surface area contributed by atoms with E-state index < -0.39 is 0 Å². The van der Waals surface area contributed by atoms with Crippen LogP contribution in [-0.4, -0.2) is 43.6 Å². The first kappa shape index (κ1) is 16.3. The van der Waals surface area contributed by atoms with Crippen molar-refractivity contribution in [1.82, 2.24) is 4.90 Å². The van der Waals surface area contributed by atoms with Crippen LogP contribution in [0.5, 0.6) is 0 Å². The summed E-state index contributed by atoms with van der Waals surface area (Å²) in [6.07, 6.45) is 6.00. The van der Waals surface area contributed by atoms with Gasteiger partial charge >= 0.3 is 0 Å². The molecule has 0 heterocycles. The van der Waals surface area contributed by atoms with E-state index >= 15 is 0 Å². The molecule has 3 heteroatoms. The van der Waals surface area contributed by atoms with Crippen LogP contribution in [0.4, 0.5) is 0 Å². The standard InChI is InChI=1S/C13H30N2S/c1-12(2)13(7-8-14)6-5-9-15(3)10-11-16-4/h12-13H,5-11,14H2,1-4H3. The molecule has 0 amide bonds. The van der Waals surface area contributed by atoms with Gasteiger partial charge in [-0.25, -0.2) is 0 Å². The SMILES string of the molecule is CSCCN(C)CCCC(CCN)C(C)C. The lowest BCUT2D eigenvalue weighted by atomic mass is 9.88. The van der Waals surface area contributed by atoms with Gasteiger partial charge in [-0.15, -0.1) is 0 Å². The lowest BCUT2D eigenvalue weighted by Gasteiger charge is -2.22. The lowest BCUT2D eigenvalue weighted by molar-refractivity contribution is 0.291. The fraction of sp³-hybridized carbons (Fsp3) is 1.00. The van der Waals surface area contributed by atoms with Gasteiger partial charge in [-0.1, -0.05) is 13.8 Å². The molecule has 0 bridgehead atoms. The second kappa shape index (κ2) is 10.4. The molecular formula is C13H30N2S. The molecule has 0 aromatic rings. The lowest BCUT2D eigenvalue weighted by Crippen LogP contribution is -2.23. The van der Waals surface area contributed by atoms with Gasteiger partial charge in [0.25, 0.3) is 0 Å². The highest BCUT2D eigenvalue weighted by Gasteiger charge is 2.12. The summed E-state index contributed by atoms with van der Waals surface area (Å²) >= 11 is 1.92. The summed E-state index contributed by atoms with van der Waals surface area (Å²) in [6, 6.07) is 0. The number of hydrogen-bond acceptors (Lipinski definition) is 3. The molecule has 1 unspecified atom stereocenters. The molecular weight excluding hydrogens is 216 g/mol. The third-order valence-electron chi connectivity index (χ3n) is 3.27. The van der Waals surface area contributed by atoms with Crippen LogP contribution < -0.4 is 5.73 Å². The van der Waals surface area contributed by atoms with Crippen LogP contribution in [0, 0.1) is 11.8 Å². The van der Waals surface area contributed by atoms with E-state index in [0.29, 0.717) is 0 Å². The minimum atomic E-state index is 0.778. The molecule has 0 rings (SSSR count). The zero-order chi connectivity index (χ0) is 12.4. The van der Waals surface area contributed by atoms with Crippen molar-refractivity contribution in [2.45, 2.75) is 33.1 Å². The average Bonchev–Trinajstić information content (AvgIpc) is 2.25. The van der Waals surface area contributed by atoms with Crippen molar-refractivity contribution in [1.29, 1.82) is 0 Å². The summed E-state index contributed by atoms with van der Waals surface area (Å²) < 4.78 is 0.